The second-order valence-electron chi connectivity index (χ2n) is 4.94. The molecule has 0 fully saturated rings. The summed E-state index contributed by atoms with van der Waals surface area (Å²) in [7, 11) is 1.68. The second kappa shape index (κ2) is 4.94. The summed E-state index contributed by atoms with van der Waals surface area (Å²) in [4.78, 5) is 5.72. The predicted octanol–water partition coefficient (Wildman–Crippen LogP) is 3.50. The number of rotatable bonds is 2. The molecule has 4 heteroatoms. The molecule has 0 bridgehead atoms. The van der Waals surface area contributed by atoms with Gasteiger partial charge in [0.25, 0.3) is 0 Å². The highest BCUT2D eigenvalue weighted by Gasteiger charge is 2.24. The Kier molecular flexibility index (Phi) is 3.29. The first-order valence-electron chi connectivity index (χ1n) is 6.51. The Morgan fingerprint density at radius 3 is 3.00 bits per heavy atom. The zero-order chi connectivity index (χ0) is 13.4. The van der Waals surface area contributed by atoms with Crippen LogP contribution in [0.3, 0.4) is 0 Å². The first kappa shape index (κ1) is 12.6. The molecular formula is C15H17NO2S. The van der Waals surface area contributed by atoms with Gasteiger partial charge >= 0.3 is 0 Å². The van der Waals surface area contributed by atoms with E-state index in [4.69, 9.17) is 4.74 Å². The highest BCUT2D eigenvalue weighted by Crippen LogP contribution is 2.40. The number of nitrogens with zero attached hydrogens (tertiary/aromatic N) is 1. The fourth-order valence-corrected chi connectivity index (χ4v) is 3.65. The van der Waals surface area contributed by atoms with Gasteiger partial charge < -0.3 is 9.84 Å². The molecule has 1 aromatic carbocycles. The molecule has 1 aromatic heterocycles. The van der Waals surface area contributed by atoms with Crippen molar-refractivity contribution in [3.63, 3.8) is 0 Å². The van der Waals surface area contributed by atoms with Gasteiger partial charge in [0.1, 0.15) is 10.8 Å². The second-order valence-corrected chi connectivity index (χ2v) is 5.97. The molecule has 1 heterocycles. The SMILES string of the molecule is COc1cc(C)ccc1-c1nc2c(s1)C(O)CCC2. The minimum Gasteiger partial charge on any atom is -0.496 e. The Hall–Kier alpha value is -1.39. The summed E-state index contributed by atoms with van der Waals surface area (Å²) in [6.45, 7) is 2.04. The van der Waals surface area contributed by atoms with E-state index in [0.717, 1.165) is 46.2 Å². The minimum absolute atomic E-state index is 0.341. The third-order valence-electron chi connectivity index (χ3n) is 3.51. The van der Waals surface area contributed by atoms with Crippen molar-refractivity contribution in [2.24, 2.45) is 0 Å². The molecule has 0 aliphatic heterocycles. The topological polar surface area (TPSA) is 42.4 Å². The number of ether oxygens (including phenoxy) is 1. The molecular weight excluding hydrogens is 258 g/mol. The van der Waals surface area contributed by atoms with E-state index in [2.05, 4.69) is 11.1 Å². The third kappa shape index (κ3) is 2.26. The van der Waals surface area contributed by atoms with Gasteiger partial charge in [-0.05, 0) is 43.9 Å². The molecule has 0 amide bonds. The van der Waals surface area contributed by atoms with Gasteiger partial charge in [0.05, 0.1) is 29.3 Å². The predicted molar refractivity (Wildman–Crippen MR) is 76.7 cm³/mol. The van der Waals surface area contributed by atoms with E-state index >= 15 is 0 Å². The maximum absolute atomic E-state index is 10.0. The summed E-state index contributed by atoms with van der Waals surface area (Å²) in [5.74, 6) is 0.848. The Morgan fingerprint density at radius 1 is 1.42 bits per heavy atom. The molecule has 1 aliphatic carbocycles. The largest absolute Gasteiger partial charge is 0.496 e. The van der Waals surface area contributed by atoms with Gasteiger partial charge in [-0.1, -0.05) is 6.07 Å². The average molecular weight is 275 g/mol. The molecule has 1 N–H and O–H groups in total. The fourth-order valence-electron chi connectivity index (χ4n) is 2.49. The molecule has 0 saturated carbocycles. The van der Waals surface area contributed by atoms with Crippen LogP contribution in [0.5, 0.6) is 5.75 Å². The van der Waals surface area contributed by atoms with Crippen LogP contribution in [-0.4, -0.2) is 17.2 Å². The Bertz CT molecular complexity index is 606. The minimum atomic E-state index is -0.341. The molecule has 1 aliphatic rings. The number of methoxy groups -OCH3 is 1. The molecule has 1 atom stereocenters. The van der Waals surface area contributed by atoms with Crippen LogP contribution in [0.15, 0.2) is 18.2 Å². The molecule has 1 unspecified atom stereocenters. The number of aryl methyl sites for hydroxylation is 2. The van der Waals surface area contributed by atoms with Crippen LogP contribution in [-0.2, 0) is 6.42 Å². The van der Waals surface area contributed by atoms with Crippen molar-refractivity contribution in [2.45, 2.75) is 32.3 Å². The summed E-state index contributed by atoms with van der Waals surface area (Å²) >= 11 is 1.59. The van der Waals surface area contributed by atoms with E-state index in [1.807, 2.05) is 19.1 Å². The fraction of sp³-hybridized carbons (Fsp3) is 0.400. The zero-order valence-corrected chi connectivity index (χ0v) is 12.0. The van der Waals surface area contributed by atoms with Crippen molar-refractivity contribution in [1.82, 2.24) is 4.98 Å². The highest BCUT2D eigenvalue weighted by atomic mass is 32.1. The van der Waals surface area contributed by atoms with E-state index in [-0.39, 0.29) is 6.10 Å². The van der Waals surface area contributed by atoms with Gasteiger partial charge in [-0.15, -0.1) is 11.3 Å². The zero-order valence-electron chi connectivity index (χ0n) is 11.1. The maximum atomic E-state index is 10.0. The van der Waals surface area contributed by atoms with Crippen LogP contribution in [0.4, 0.5) is 0 Å². The average Bonchev–Trinajstić information content (AvgIpc) is 2.83. The monoisotopic (exact) mass is 275 g/mol. The lowest BCUT2D eigenvalue weighted by molar-refractivity contribution is 0.160. The van der Waals surface area contributed by atoms with Crippen LogP contribution in [0, 0.1) is 6.92 Å². The number of fused-ring (bicyclic) bond motifs is 1. The molecule has 19 heavy (non-hydrogen) atoms. The van der Waals surface area contributed by atoms with Crippen molar-refractivity contribution in [2.75, 3.05) is 7.11 Å². The van der Waals surface area contributed by atoms with Crippen LogP contribution in [0.25, 0.3) is 10.6 Å². The first-order chi connectivity index (χ1) is 9.19. The molecule has 3 nitrogen and oxygen atoms in total. The first-order valence-corrected chi connectivity index (χ1v) is 7.33. The lowest BCUT2D eigenvalue weighted by Crippen LogP contribution is -2.06. The van der Waals surface area contributed by atoms with Gasteiger partial charge in [-0.3, -0.25) is 0 Å². The molecule has 0 spiro atoms. The van der Waals surface area contributed by atoms with Crippen LogP contribution in [0.1, 0.15) is 35.1 Å². The van der Waals surface area contributed by atoms with E-state index < -0.39 is 0 Å². The van der Waals surface area contributed by atoms with Gasteiger partial charge in [0, 0.05) is 0 Å². The number of aromatic nitrogens is 1. The molecule has 0 radical (unpaired) electrons. The normalized spacial score (nSPS) is 18.2. The van der Waals surface area contributed by atoms with Crippen molar-refractivity contribution in [1.29, 1.82) is 0 Å². The maximum Gasteiger partial charge on any atom is 0.129 e. The van der Waals surface area contributed by atoms with Crippen molar-refractivity contribution < 1.29 is 9.84 Å². The summed E-state index contributed by atoms with van der Waals surface area (Å²) in [6.07, 6.45) is 2.49. The molecule has 100 valence electrons. The lowest BCUT2D eigenvalue weighted by atomic mass is 10.0. The van der Waals surface area contributed by atoms with Gasteiger partial charge in [-0.25, -0.2) is 4.98 Å². The quantitative estimate of drug-likeness (QED) is 0.912. The van der Waals surface area contributed by atoms with Crippen molar-refractivity contribution in [3.8, 4) is 16.3 Å². The van der Waals surface area contributed by atoms with E-state index in [1.165, 1.54) is 5.56 Å². The van der Waals surface area contributed by atoms with Gasteiger partial charge in [0.2, 0.25) is 0 Å². The third-order valence-corrected chi connectivity index (χ3v) is 4.74. The molecule has 2 aromatic rings. The van der Waals surface area contributed by atoms with E-state index in [0.29, 0.717) is 0 Å². The highest BCUT2D eigenvalue weighted by molar-refractivity contribution is 7.15. The van der Waals surface area contributed by atoms with Crippen LogP contribution < -0.4 is 4.74 Å². The van der Waals surface area contributed by atoms with Gasteiger partial charge in [0.15, 0.2) is 0 Å². The summed E-state index contributed by atoms with van der Waals surface area (Å²) in [6, 6.07) is 6.13. The van der Waals surface area contributed by atoms with E-state index in [1.54, 1.807) is 18.4 Å². The van der Waals surface area contributed by atoms with E-state index in [9.17, 15) is 5.11 Å². The number of aliphatic hydroxyl groups excluding tert-OH is 1. The summed E-state index contributed by atoms with van der Waals surface area (Å²) < 4.78 is 5.44. The Labute approximate surface area is 116 Å². The number of benzene rings is 1. The number of hydrogen-bond acceptors (Lipinski definition) is 4. The Morgan fingerprint density at radius 2 is 2.26 bits per heavy atom. The molecule has 3 rings (SSSR count). The lowest BCUT2D eigenvalue weighted by Gasteiger charge is -2.14. The Balaban J connectivity index is 2.08. The number of hydrogen-bond donors (Lipinski definition) is 1. The van der Waals surface area contributed by atoms with Gasteiger partial charge in [-0.2, -0.15) is 0 Å². The molecule has 0 saturated heterocycles. The standard InChI is InChI=1S/C15H17NO2S/c1-9-6-7-10(13(8-9)18-2)15-16-11-4-3-5-12(17)14(11)19-15/h6-8,12,17H,3-5H2,1-2H3. The summed E-state index contributed by atoms with van der Waals surface area (Å²) in [5, 5.41) is 11.0. The smallest absolute Gasteiger partial charge is 0.129 e. The number of thiazole rings is 1. The van der Waals surface area contributed by atoms with Crippen molar-refractivity contribution in [3.05, 3.63) is 34.3 Å². The summed E-state index contributed by atoms with van der Waals surface area (Å²) in [5.41, 5.74) is 3.24. The van der Waals surface area contributed by atoms with Crippen LogP contribution >= 0.6 is 11.3 Å². The number of aliphatic hydroxyl groups is 1. The van der Waals surface area contributed by atoms with Crippen molar-refractivity contribution >= 4 is 11.3 Å². The van der Waals surface area contributed by atoms with Crippen LogP contribution in [0.2, 0.25) is 0 Å².